The van der Waals surface area contributed by atoms with Crippen LogP contribution in [0, 0.1) is 0 Å². The first-order valence-electron chi connectivity index (χ1n) is 11.3. The Labute approximate surface area is 179 Å². The van der Waals surface area contributed by atoms with Crippen molar-refractivity contribution in [3.63, 3.8) is 0 Å². The number of rotatable bonds is 6. The van der Waals surface area contributed by atoms with E-state index in [1.807, 2.05) is 0 Å². The smallest absolute Gasteiger partial charge is 0.00634 e. The highest BCUT2D eigenvalue weighted by Gasteiger charge is 2.43. The number of hydrogen-bond acceptors (Lipinski definition) is 0. The Morgan fingerprint density at radius 3 is 1.96 bits per heavy atom. The molecule has 2 rings (SSSR count). The summed E-state index contributed by atoms with van der Waals surface area (Å²) in [6, 6.07) is 9.69. The molecule has 1 atom stereocenters. The van der Waals surface area contributed by atoms with Gasteiger partial charge in [0.25, 0.3) is 0 Å². The Kier molecular flexibility index (Phi) is 7.54. The molecular formula is C26H46P2. The van der Waals surface area contributed by atoms with E-state index in [1.54, 1.807) is 11.1 Å². The van der Waals surface area contributed by atoms with Gasteiger partial charge in [-0.15, -0.1) is 0 Å². The van der Waals surface area contributed by atoms with Crippen LogP contribution in [-0.2, 0) is 12.3 Å². The highest BCUT2D eigenvalue weighted by atomic mass is 31.1. The highest BCUT2D eigenvalue weighted by molar-refractivity contribution is 7.60. The molecule has 0 bridgehead atoms. The maximum absolute atomic E-state index is 2.57. The van der Waals surface area contributed by atoms with Crippen molar-refractivity contribution in [3.05, 3.63) is 35.4 Å². The minimum atomic E-state index is -0.0858. The predicted octanol–water partition coefficient (Wildman–Crippen LogP) is 9.38. The second-order valence-corrected chi connectivity index (χ2v) is 19.1. The lowest BCUT2D eigenvalue weighted by atomic mass is 9.98. The molecule has 0 saturated carbocycles. The maximum Gasteiger partial charge on any atom is -0.00634 e. The van der Waals surface area contributed by atoms with Crippen molar-refractivity contribution in [2.24, 2.45) is 0 Å². The molecule has 28 heavy (non-hydrogen) atoms. The van der Waals surface area contributed by atoms with Crippen molar-refractivity contribution in [2.75, 3.05) is 0 Å². The predicted molar refractivity (Wildman–Crippen MR) is 134 cm³/mol. The van der Waals surface area contributed by atoms with Crippen LogP contribution >= 0.6 is 15.8 Å². The first-order valence-corrected chi connectivity index (χ1v) is 14.4. The van der Waals surface area contributed by atoms with Gasteiger partial charge in [-0.2, -0.15) is 0 Å². The molecule has 1 saturated heterocycles. The zero-order chi connectivity index (χ0) is 21.4. The first-order chi connectivity index (χ1) is 12.7. The zero-order valence-corrected chi connectivity index (χ0v) is 22.2. The fourth-order valence-corrected chi connectivity index (χ4v) is 12.8. The van der Waals surface area contributed by atoms with E-state index >= 15 is 0 Å². The van der Waals surface area contributed by atoms with Crippen LogP contribution in [-0.4, -0.2) is 20.6 Å². The third kappa shape index (κ3) is 5.82. The van der Waals surface area contributed by atoms with Crippen LogP contribution in [0.4, 0.5) is 0 Å². The maximum atomic E-state index is 2.57. The van der Waals surface area contributed by atoms with E-state index in [2.05, 4.69) is 93.5 Å². The van der Waals surface area contributed by atoms with Gasteiger partial charge in [0.1, 0.15) is 0 Å². The monoisotopic (exact) mass is 420 g/mol. The van der Waals surface area contributed by atoms with E-state index in [1.165, 1.54) is 38.0 Å². The summed E-state index contributed by atoms with van der Waals surface area (Å²) >= 11 is 0. The van der Waals surface area contributed by atoms with Crippen LogP contribution < -0.4 is 0 Å². The van der Waals surface area contributed by atoms with Crippen molar-refractivity contribution >= 4 is 15.8 Å². The summed E-state index contributed by atoms with van der Waals surface area (Å²) in [5, 5.41) is 1.84. The lowest BCUT2D eigenvalue weighted by Gasteiger charge is -2.50. The molecule has 0 N–H and O–H groups in total. The molecule has 0 aromatic heterocycles. The van der Waals surface area contributed by atoms with Gasteiger partial charge in [0.2, 0.25) is 0 Å². The van der Waals surface area contributed by atoms with Crippen LogP contribution in [0.15, 0.2) is 24.3 Å². The molecule has 1 aromatic rings. The normalized spacial score (nSPS) is 21.5. The SMILES string of the molecule is CCC(C)(C)P(Cc1cccc(CP2C(C)(C)CCCC2(C)C)c1)C(C)(C)C. The first kappa shape index (κ1) is 24.4. The average molecular weight is 421 g/mol. The van der Waals surface area contributed by atoms with Crippen LogP contribution in [0.5, 0.6) is 0 Å². The summed E-state index contributed by atoms with van der Waals surface area (Å²) in [7, 11) is -0.0961. The molecular weight excluding hydrogens is 374 g/mol. The van der Waals surface area contributed by atoms with E-state index in [9.17, 15) is 0 Å². The average Bonchev–Trinajstić information content (AvgIpc) is 2.55. The van der Waals surface area contributed by atoms with Crippen LogP contribution in [0.3, 0.4) is 0 Å². The van der Waals surface area contributed by atoms with E-state index in [0.29, 0.717) is 20.6 Å². The lowest BCUT2D eigenvalue weighted by molar-refractivity contribution is 0.465. The molecule has 1 aliphatic heterocycles. The van der Waals surface area contributed by atoms with Gasteiger partial charge in [0, 0.05) is 0 Å². The van der Waals surface area contributed by atoms with E-state index in [-0.39, 0.29) is 15.8 Å². The van der Waals surface area contributed by atoms with Crippen molar-refractivity contribution in [1.82, 2.24) is 0 Å². The van der Waals surface area contributed by atoms with Gasteiger partial charge >= 0.3 is 0 Å². The number of benzene rings is 1. The van der Waals surface area contributed by atoms with Gasteiger partial charge in [-0.25, -0.2) is 0 Å². The number of hydrogen-bond donors (Lipinski definition) is 0. The highest BCUT2D eigenvalue weighted by Crippen LogP contribution is 2.67. The van der Waals surface area contributed by atoms with E-state index < -0.39 is 0 Å². The standard InChI is InChI=1S/C26H46P2/c1-11-24(5,6)27(23(2,3)4)19-21-14-12-15-22(18-21)20-28-25(7,8)16-13-17-26(28,9)10/h12,14-15,18H,11,13,16-17,19-20H2,1-10H3. The fourth-order valence-electron chi connectivity index (χ4n) is 5.21. The van der Waals surface area contributed by atoms with Crippen LogP contribution in [0.25, 0.3) is 0 Å². The minimum absolute atomic E-state index is 0.0102. The van der Waals surface area contributed by atoms with Crippen molar-refractivity contribution in [1.29, 1.82) is 0 Å². The molecule has 0 radical (unpaired) electrons. The summed E-state index contributed by atoms with van der Waals surface area (Å²) < 4.78 is 0. The molecule has 1 aromatic carbocycles. The summed E-state index contributed by atoms with van der Waals surface area (Å²) in [5.74, 6) is 0. The van der Waals surface area contributed by atoms with Gasteiger partial charge in [-0.1, -0.05) is 116 Å². The molecule has 160 valence electrons. The molecule has 0 spiro atoms. The van der Waals surface area contributed by atoms with Crippen molar-refractivity contribution in [3.8, 4) is 0 Å². The third-order valence-corrected chi connectivity index (χ3v) is 15.2. The molecule has 0 amide bonds. The Morgan fingerprint density at radius 1 is 0.929 bits per heavy atom. The molecule has 1 unspecified atom stereocenters. The topological polar surface area (TPSA) is 0 Å². The summed E-state index contributed by atoms with van der Waals surface area (Å²) in [6.07, 6.45) is 8.04. The molecule has 1 aliphatic rings. The van der Waals surface area contributed by atoms with Gasteiger partial charge in [0.15, 0.2) is 0 Å². The second-order valence-electron chi connectivity index (χ2n) is 11.8. The largest absolute Gasteiger partial charge is 0.0909 e. The summed E-state index contributed by atoms with van der Waals surface area (Å²) in [4.78, 5) is 0. The van der Waals surface area contributed by atoms with Gasteiger partial charge in [0.05, 0.1) is 0 Å². The molecule has 2 heteroatoms. The fraction of sp³-hybridized carbons (Fsp3) is 0.769. The van der Waals surface area contributed by atoms with E-state index in [0.717, 1.165) is 0 Å². The molecule has 1 heterocycles. The quantitative estimate of drug-likeness (QED) is 0.402. The summed E-state index contributed by atoms with van der Waals surface area (Å²) in [6.45, 7) is 24.8. The second kappa shape index (κ2) is 8.67. The Balaban J connectivity index is 2.26. The third-order valence-electron chi connectivity index (χ3n) is 7.12. The van der Waals surface area contributed by atoms with Gasteiger partial charge < -0.3 is 0 Å². The van der Waals surface area contributed by atoms with E-state index in [4.69, 9.17) is 0 Å². The zero-order valence-electron chi connectivity index (χ0n) is 20.4. The minimum Gasteiger partial charge on any atom is -0.0909 e. The van der Waals surface area contributed by atoms with Crippen LogP contribution in [0.1, 0.15) is 106 Å². The van der Waals surface area contributed by atoms with Crippen molar-refractivity contribution in [2.45, 2.75) is 128 Å². The molecule has 0 nitrogen and oxygen atoms in total. The molecule has 0 aliphatic carbocycles. The Morgan fingerprint density at radius 2 is 1.46 bits per heavy atom. The van der Waals surface area contributed by atoms with Crippen LogP contribution in [0.2, 0.25) is 0 Å². The Bertz CT molecular complexity index is 602. The molecule has 1 fully saturated rings. The van der Waals surface area contributed by atoms with Gasteiger partial charge in [-0.05, 0) is 63.3 Å². The Hall–Kier alpha value is 0.0800. The van der Waals surface area contributed by atoms with Crippen molar-refractivity contribution < 1.29 is 0 Å². The van der Waals surface area contributed by atoms with Gasteiger partial charge in [-0.3, -0.25) is 0 Å². The lowest BCUT2D eigenvalue weighted by Crippen LogP contribution is -2.35. The summed E-state index contributed by atoms with van der Waals surface area (Å²) in [5.41, 5.74) is 3.16.